The number of hydrogen-bond donors (Lipinski definition) is 1. The van der Waals surface area contributed by atoms with Crippen LogP contribution in [0.1, 0.15) is 112 Å². The lowest BCUT2D eigenvalue weighted by Gasteiger charge is -2.21. The molecule has 2 rings (SSSR count). The minimum Gasteiger partial charge on any atom is -0.396 e. The van der Waals surface area contributed by atoms with Gasteiger partial charge in [0.15, 0.2) is 0 Å². The highest BCUT2D eigenvalue weighted by molar-refractivity contribution is 5.88. The van der Waals surface area contributed by atoms with Gasteiger partial charge in [-0.2, -0.15) is 0 Å². The minimum atomic E-state index is -0.0107. The number of aliphatic hydroxyl groups excluding tert-OH is 1. The van der Waals surface area contributed by atoms with E-state index in [1.165, 1.54) is 12.8 Å². The summed E-state index contributed by atoms with van der Waals surface area (Å²) in [5.41, 5.74) is 0.371. The standard InChI is InChI=1S/C28H48O3/c1-27(2,3)18-8-6-10-21-12-14-23(25(21)30)16-17-24-15-13-22(26(24)31)11-7-9-19-28(4,5)20-29/h16-17,21-24,29H,6-15,18-20H2,1-5H3. The van der Waals surface area contributed by atoms with E-state index in [0.717, 1.165) is 64.2 Å². The molecule has 2 aliphatic rings. The summed E-state index contributed by atoms with van der Waals surface area (Å²) in [6, 6.07) is 0. The maximum Gasteiger partial charge on any atom is 0.142 e. The first-order valence-electron chi connectivity index (χ1n) is 12.9. The summed E-state index contributed by atoms with van der Waals surface area (Å²) in [6.07, 6.45) is 16.8. The first-order chi connectivity index (χ1) is 14.5. The van der Waals surface area contributed by atoms with Crippen molar-refractivity contribution in [2.45, 2.75) is 112 Å². The molecule has 0 aliphatic heterocycles. The number of aliphatic hydroxyl groups is 1. The Morgan fingerprint density at radius 3 is 1.61 bits per heavy atom. The molecule has 178 valence electrons. The Balaban J connectivity index is 1.70. The van der Waals surface area contributed by atoms with Crippen molar-refractivity contribution in [3.63, 3.8) is 0 Å². The lowest BCUT2D eigenvalue weighted by atomic mass is 9.87. The van der Waals surface area contributed by atoms with Gasteiger partial charge in [0, 0.05) is 30.3 Å². The largest absolute Gasteiger partial charge is 0.396 e. The van der Waals surface area contributed by atoms with Gasteiger partial charge in [-0.25, -0.2) is 0 Å². The Labute approximate surface area is 191 Å². The fraction of sp³-hybridized carbons (Fsp3) is 0.857. The molecule has 2 fully saturated rings. The average molecular weight is 433 g/mol. The van der Waals surface area contributed by atoms with E-state index in [1.807, 2.05) is 0 Å². The molecule has 0 spiro atoms. The van der Waals surface area contributed by atoms with Gasteiger partial charge in [-0.3, -0.25) is 9.59 Å². The Kier molecular flexibility index (Phi) is 9.98. The Morgan fingerprint density at radius 1 is 0.742 bits per heavy atom. The molecule has 4 unspecified atom stereocenters. The van der Waals surface area contributed by atoms with Crippen LogP contribution in [0.25, 0.3) is 0 Å². The van der Waals surface area contributed by atoms with Crippen LogP contribution < -0.4 is 0 Å². The normalized spacial score (nSPS) is 27.7. The number of unbranched alkanes of at least 4 members (excludes halogenated alkanes) is 2. The Morgan fingerprint density at radius 2 is 1.19 bits per heavy atom. The molecule has 0 saturated heterocycles. The van der Waals surface area contributed by atoms with E-state index >= 15 is 0 Å². The summed E-state index contributed by atoms with van der Waals surface area (Å²) in [6.45, 7) is 11.2. The van der Waals surface area contributed by atoms with Crippen molar-refractivity contribution in [2.24, 2.45) is 34.5 Å². The van der Waals surface area contributed by atoms with Gasteiger partial charge in [-0.15, -0.1) is 0 Å². The van der Waals surface area contributed by atoms with E-state index in [0.29, 0.717) is 17.0 Å². The molecule has 0 aromatic heterocycles. The van der Waals surface area contributed by atoms with Gasteiger partial charge in [0.2, 0.25) is 0 Å². The molecule has 1 N–H and O–H groups in total. The van der Waals surface area contributed by atoms with Crippen LogP contribution in [0.4, 0.5) is 0 Å². The second-order valence-corrected chi connectivity index (χ2v) is 12.3. The summed E-state index contributed by atoms with van der Waals surface area (Å²) in [4.78, 5) is 25.6. The third kappa shape index (κ3) is 8.83. The number of ketones is 2. The number of hydrogen-bond acceptors (Lipinski definition) is 3. The second-order valence-electron chi connectivity index (χ2n) is 12.3. The number of Topliss-reactive ketones (excluding diaryl/α,β-unsaturated/α-hetero) is 2. The van der Waals surface area contributed by atoms with Crippen LogP contribution in [0.2, 0.25) is 0 Å². The summed E-state index contributed by atoms with van der Waals surface area (Å²) in [5, 5.41) is 9.36. The first kappa shape index (κ1) is 26.3. The number of rotatable bonds is 12. The number of allylic oxidation sites excluding steroid dienone is 2. The minimum absolute atomic E-state index is 0.0107. The molecule has 3 nitrogen and oxygen atoms in total. The molecule has 2 aliphatic carbocycles. The highest BCUT2D eigenvalue weighted by Crippen LogP contribution is 2.36. The van der Waals surface area contributed by atoms with Crippen molar-refractivity contribution in [2.75, 3.05) is 6.61 Å². The van der Waals surface area contributed by atoms with Crippen LogP contribution in [0.5, 0.6) is 0 Å². The van der Waals surface area contributed by atoms with Crippen LogP contribution >= 0.6 is 0 Å². The molecule has 0 aromatic carbocycles. The molecule has 4 atom stereocenters. The van der Waals surface area contributed by atoms with Crippen molar-refractivity contribution in [1.29, 1.82) is 0 Å². The molecule has 0 amide bonds. The van der Waals surface area contributed by atoms with Crippen LogP contribution in [0.15, 0.2) is 12.2 Å². The van der Waals surface area contributed by atoms with Gasteiger partial charge in [0.25, 0.3) is 0 Å². The van der Waals surface area contributed by atoms with E-state index in [2.05, 4.69) is 46.8 Å². The predicted octanol–water partition coefficient (Wildman–Crippen LogP) is 6.92. The maximum absolute atomic E-state index is 12.8. The smallest absolute Gasteiger partial charge is 0.142 e. The lowest BCUT2D eigenvalue weighted by molar-refractivity contribution is -0.124. The van der Waals surface area contributed by atoms with Crippen molar-refractivity contribution >= 4 is 11.6 Å². The SMILES string of the molecule is CC(C)(C)CCCCC1CCC(C=CC2CCC(CCCCC(C)(C)CO)C2=O)C1=O. The van der Waals surface area contributed by atoms with Crippen molar-refractivity contribution in [3.05, 3.63) is 12.2 Å². The summed E-state index contributed by atoms with van der Waals surface area (Å²) >= 11 is 0. The molecule has 3 heteroatoms. The summed E-state index contributed by atoms with van der Waals surface area (Å²) in [7, 11) is 0. The first-order valence-corrected chi connectivity index (χ1v) is 12.9. The van der Waals surface area contributed by atoms with Crippen LogP contribution in [0.3, 0.4) is 0 Å². The zero-order valence-corrected chi connectivity index (χ0v) is 20.9. The molecule has 2 saturated carbocycles. The Hall–Kier alpha value is -0.960. The van der Waals surface area contributed by atoms with E-state index in [4.69, 9.17) is 0 Å². The highest BCUT2D eigenvalue weighted by Gasteiger charge is 2.35. The molecule has 0 heterocycles. The van der Waals surface area contributed by atoms with E-state index in [1.54, 1.807) is 0 Å². The third-order valence-corrected chi connectivity index (χ3v) is 7.58. The van der Waals surface area contributed by atoms with Crippen LogP contribution in [-0.2, 0) is 9.59 Å². The van der Waals surface area contributed by atoms with Crippen LogP contribution in [0, 0.1) is 34.5 Å². The second kappa shape index (κ2) is 11.8. The topological polar surface area (TPSA) is 54.4 Å². The summed E-state index contributed by atoms with van der Waals surface area (Å²) in [5.74, 6) is 1.31. The average Bonchev–Trinajstić information content (AvgIpc) is 3.22. The Bertz CT molecular complexity index is 610. The number of carbonyl (C=O) groups excluding carboxylic acids is 2. The van der Waals surface area contributed by atoms with Gasteiger partial charge in [0.1, 0.15) is 11.6 Å². The van der Waals surface area contributed by atoms with Crippen molar-refractivity contribution in [1.82, 2.24) is 0 Å². The van der Waals surface area contributed by atoms with Gasteiger partial charge in [-0.05, 0) is 62.2 Å². The van der Waals surface area contributed by atoms with Gasteiger partial charge >= 0.3 is 0 Å². The maximum atomic E-state index is 12.8. The highest BCUT2D eigenvalue weighted by atomic mass is 16.3. The lowest BCUT2D eigenvalue weighted by Crippen LogP contribution is -2.17. The fourth-order valence-corrected chi connectivity index (χ4v) is 5.28. The van der Waals surface area contributed by atoms with Crippen molar-refractivity contribution in [3.8, 4) is 0 Å². The zero-order valence-electron chi connectivity index (χ0n) is 20.9. The predicted molar refractivity (Wildman–Crippen MR) is 129 cm³/mol. The number of carbonyl (C=O) groups is 2. The van der Waals surface area contributed by atoms with Gasteiger partial charge in [0.05, 0.1) is 0 Å². The third-order valence-electron chi connectivity index (χ3n) is 7.58. The van der Waals surface area contributed by atoms with E-state index in [9.17, 15) is 14.7 Å². The molecule has 0 aromatic rings. The quantitative estimate of drug-likeness (QED) is 0.269. The van der Waals surface area contributed by atoms with Crippen LogP contribution in [-0.4, -0.2) is 23.3 Å². The molecule has 0 radical (unpaired) electrons. The molecule has 0 bridgehead atoms. The monoisotopic (exact) mass is 432 g/mol. The molecular formula is C28H48O3. The van der Waals surface area contributed by atoms with Gasteiger partial charge in [-0.1, -0.05) is 72.5 Å². The van der Waals surface area contributed by atoms with Crippen molar-refractivity contribution < 1.29 is 14.7 Å². The zero-order chi connectivity index (χ0) is 23.1. The molecule has 31 heavy (non-hydrogen) atoms. The molecular weight excluding hydrogens is 384 g/mol. The van der Waals surface area contributed by atoms with Gasteiger partial charge < -0.3 is 5.11 Å². The van der Waals surface area contributed by atoms with E-state index in [-0.39, 0.29) is 35.7 Å². The fourth-order valence-electron chi connectivity index (χ4n) is 5.28. The van der Waals surface area contributed by atoms with E-state index < -0.39 is 0 Å². The summed E-state index contributed by atoms with van der Waals surface area (Å²) < 4.78 is 0.